The number of nitro benzene ring substituents is 1. The minimum absolute atomic E-state index is 0.0341. The lowest BCUT2D eigenvalue weighted by Crippen LogP contribution is -1.98. The molecule has 0 radical (unpaired) electrons. The molecule has 0 spiro atoms. The van der Waals surface area contributed by atoms with Crippen molar-refractivity contribution in [1.29, 1.82) is 0 Å². The van der Waals surface area contributed by atoms with Gasteiger partial charge >= 0.3 is 0 Å². The number of hydrogen-bond donors (Lipinski definition) is 0. The van der Waals surface area contributed by atoms with Crippen LogP contribution in [0, 0.1) is 10.1 Å². The summed E-state index contributed by atoms with van der Waals surface area (Å²) in [6, 6.07) is 19.2. The molecular formula is C24H19NO5. The van der Waals surface area contributed by atoms with Crippen LogP contribution in [0.1, 0.15) is 34.0 Å². The van der Waals surface area contributed by atoms with Gasteiger partial charge in [0.05, 0.1) is 10.5 Å². The van der Waals surface area contributed by atoms with Crippen molar-refractivity contribution < 1.29 is 19.2 Å². The van der Waals surface area contributed by atoms with E-state index in [-0.39, 0.29) is 23.8 Å². The van der Waals surface area contributed by atoms with Crippen LogP contribution in [0.15, 0.2) is 72.5 Å². The van der Waals surface area contributed by atoms with Crippen LogP contribution in [0.25, 0.3) is 6.08 Å². The minimum Gasteiger partial charge on any atom is -0.489 e. The molecule has 150 valence electrons. The van der Waals surface area contributed by atoms with E-state index in [2.05, 4.69) is 6.92 Å². The quantitative estimate of drug-likeness (QED) is 0.316. The third-order valence-electron chi connectivity index (χ3n) is 4.88. The first-order chi connectivity index (χ1) is 14.5. The van der Waals surface area contributed by atoms with Gasteiger partial charge in [-0.15, -0.1) is 0 Å². The minimum atomic E-state index is -0.442. The van der Waals surface area contributed by atoms with Crippen LogP contribution in [-0.2, 0) is 13.0 Å². The third kappa shape index (κ3) is 4.07. The number of nitro groups is 1. The molecule has 0 fully saturated rings. The molecule has 0 aromatic heterocycles. The molecule has 0 bridgehead atoms. The zero-order valence-electron chi connectivity index (χ0n) is 16.3. The summed E-state index contributed by atoms with van der Waals surface area (Å²) < 4.78 is 11.5. The molecule has 0 saturated carbocycles. The summed E-state index contributed by atoms with van der Waals surface area (Å²) in [5.74, 6) is 1.12. The first-order valence-corrected chi connectivity index (χ1v) is 9.57. The third-order valence-corrected chi connectivity index (χ3v) is 4.88. The Kier molecular flexibility index (Phi) is 5.30. The predicted octanol–water partition coefficient (Wildman–Crippen LogP) is 5.35. The lowest BCUT2D eigenvalue weighted by molar-refractivity contribution is -0.384. The van der Waals surface area contributed by atoms with Crippen molar-refractivity contribution in [3.8, 4) is 11.5 Å². The summed E-state index contributed by atoms with van der Waals surface area (Å²) in [6.45, 7) is 2.34. The Morgan fingerprint density at radius 2 is 1.70 bits per heavy atom. The smallest absolute Gasteiger partial charge is 0.269 e. The molecule has 0 unspecified atom stereocenters. The summed E-state index contributed by atoms with van der Waals surface area (Å²) in [5.41, 5.74) is 3.46. The highest BCUT2D eigenvalue weighted by Crippen LogP contribution is 2.35. The van der Waals surface area contributed by atoms with Crippen molar-refractivity contribution >= 4 is 17.5 Å². The number of ketones is 1. The molecule has 1 heterocycles. The first kappa shape index (κ1) is 19.4. The molecule has 1 aliphatic heterocycles. The molecule has 4 rings (SSSR count). The van der Waals surface area contributed by atoms with Crippen molar-refractivity contribution in [2.75, 3.05) is 0 Å². The number of carbonyl (C=O) groups is 1. The van der Waals surface area contributed by atoms with Crippen LogP contribution in [0.5, 0.6) is 11.5 Å². The molecule has 0 atom stereocenters. The van der Waals surface area contributed by atoms with Gasteiger partial charge in [0.25, 0.3) is 5.69 Å². The predicted molar refractivity (Wildman–Crippen MR) is 113 cm³/mol. The fourth-order valence-corrected chi connectivity index (χ4v) is 3.14. The SMILES string of the molecule is CCc1ccc(/C=C2\Oc3cc(OCc4ccc([N+](=O)[O-])cc4)ccc3C2=O)cc1. The van der Waals surface area contributed by atoms with Gasteiger partial charge in [0, 0.05) is 18.2 Å². The number of allylic oxidation sites excluding steroid dienone is 1. The molecule has 0 aliphatic carbocycles. The van der Waals surface area contributed by atoms with Crippen molar-refractivity contribution in [2.24, 2.45) is 0 Å². The Bertz CT molecular complexity index is 1130. The highest BCUT2D eigenvalue weighted by atomic mass is 16.6. The average molecular weight is 401 g/mol. The van der Waals surface area contributed by atoms with E-state index in [1.54, 1.807) is 36.4 Å². The van der Waals surface area contributed by atoms with Gasteiger partial charge < -0.3 is 9.47 Å². The fourth-order valence-electron chi connectivity index (χ4n) is 3.14. The number of carbonyl (C=O) groups excluding carboxylic acids is 1. The number of fused-ring (bicyclic) bond motifs is 1. The summed E-state index contributed by atoms with van der Waals surface area (Å²) in [7, 11) is 0. The van der Waals surface area contributed by atoms with Gasteiger partial charge in [0.1, 0.15) is 18.1 Å². The van der Waals surface area contributed by atoms with E-state index in [4.69, 9.17) is 9.47 Å². The first-order valence-electron chi connectivity index (χ1n) is 9.57. The number of rotatable bonds is 6. The second-order valence-electron chi connectivity index (χ2n) is 6.91. The van der Waals surface area contributed by atoms with E-state index >= 15 is 0 Å². The molecule has 0 amide bonds. The molecule has 0 saturated heterocycles. The maximum Gasteiger partial charge on any atom is 0.269 e. The summed E-state index contributed by atoms with van der Waals surface area (Å²) >= 11 is 0. The van der Waals surface area contributed by atoms with Gasteiger partial charge in [-0.05, 0) is 53.5 Å². The Morgan fingerprint density at radius 3 is 2.37 bits per heavy atom. The molecular weight excluding hydrogens is 382 g/mol. The lowest BCUT2D eigenvalue weighted by Gasteiger charge is -2.07. The molecule has 0 N–H and O–H groups in total. The summed E-state index contributed by atoms with van der Waals surface area (Å²) in [4.78, 5) is 22.9. The maximum absolute atomic E-state index is 12.6. The Balaban J connectivity index is 1.46. The lowest BCUT2D eigenvalue weighted by atomic mass is 10.1. The van der Waals surface area contributed by atoms with Gasteiger partial charge in [-0.25, -0.2) is 0 Å². The number of hydrogen-bond acceptors (Lipinski definition) is 5. The van der Waals surface area contributed by atoms with Gasteiger partial charge in [-0.2, -0.15) is 0 Å². The topological polar surface area (TPSA) is 78.7 Å². The van der Waals surface area contributed by atoms with Crippen molar-refractivity contribution in [3.63, 3.8) is 0 Å². The highest BCUT2D eigenvalue weighted by molar-refractivity contribution is 6.14. The van der Waals surface area contributed by atoms with E-state index in [1.165, 1.54) is 17.7 Å². The van der Waals surface area contributed by atoms with Crippen molar-refractivity contribution in [2.45, 2.75) is 20.0 Å². The van der Waals surface area contributed by atoms with Crippen molar-refractivity contribution in [3.05, 3.63) is 105 Å². The number of non-ortho nitro benzene ring substituents is 1. The maximum atomic E-state index is 12.6. The van der Waals surface area contributed by atoms with E-state index in [9.17, 15) is 14.9 Å². The zero-order chi connectivity index (χ0) is 21.1. The molecule has 6 nitrogen and oxygen atoms in total. The number of Topliss-reactive ketones (excluding diaryl/α,β-unsaturated/α-hetero) is 1. The number of nitrogens with zero attached hydrogens (tertiary/aromatic N) is 1. The van der Waals surface area contributed by atoms with Gasteiger partial charge in [-0.1, -0.05) is 31.2 Å². The summed E-state index contributed by atoms with van der Waals surface area (Å²) in [6.07, 6.45) is 2.69. The number of benzene rings is 3. The van der Waals surface area contributed by atoms with Crippen LogP contribution < -0.4 is 9.47 Å². The van der Waals surface area contributed by atoms with Crippen LogP contribution in [0.4, 0.5) is 5.69 Å². The molecule has 3 aromatic carbocycles. The highest BCUT2D eigenvalue weighted by Gasteiger charge is 2.27. The van der Waals surface area contributed by atoms with Crippen LogP contribution in [0.3, 0.4) is 0 Å². The molecule has 6 heteroatoms. The molecule has 3 aromatic rings. The van der Waals surface area contributed by atoms with Crippen LogP contribution >= 0.6 is 0 Å². The van der Waals surface area contributed by atoms with Gasteiger partial charge in [0.15, 0.2) is 5.76 Å². The van der Waals surface area contributed by atoms with Crippen LogP contribution in [0.2, 0.25) is 0 Å². The Hall–Kier alpha value is -3.93. The average Bonchev–Trinajstić information content (AvgIpc) is 3.07. The van der Waals surface area contributed by atoms with E-state index in [0.717, 1.165) is 17.5 Å². The zero-order valence-corrected chi connectivity index (χ0v) is 16.3. The van der Waals surface area contributed by atoms with Crippen molar-refractivity contribution in [1.82, 2.24) is 0 Å². The monoisotopic (exact) mass is 401 g/mol. The number of ether oxygens (including phenoxy) is 2. The Morgan fingerprint density at radius 1 is 1.00 bits per heavy atom. The second kappa shape index (κ2) is 8.21. The standard InChI is InChI=1S/C24H19NO5/c1-2-16-3-5-17(6-4-16)13-23-24(26)21-12-11-20(14-22(21)30-23)29-15-18-7-9-19(10-8-18)25(27)28/h3-14H,2,15H2,1H3/b23-13-. The molecule has 1 aliphatic rings. The van der Waals surface area contributed by atoms with Crippen LogP contribution in [-0.4, -0.2) is 10.7 Å². The second-order valence-corrected chi connectivity index (χ2v) is 6.91. The van der Waals surface area contributed by atoms with Gasteiger partial charge in [0.2, 0.25) is 5.78 Å². The Labute approximate surface area is 173 Å². The van der Waals surface area contributed by atoms with E-state index in [0.29, 0.717) is 17.1 Å². The molecule has 30 heavy (non-hydrogen) atoms. The van der Waals surface area contributed by atoms with E-state index in [1.807, 2.05) is 24.3 Å². The fraction of sp³-hybridized carbons (Fsp3) is 0.125. The number of aryl methyl sites for hydroxylation is 1. The normalized spacial score (nSPS) is 13.8. The van der Waals surface area contributed by atoms with E-state index < -0.39 is 4.92 Å². The van der Waals surface area contributed by atoms with Gasteiger partial charge in [-0.3, -0.25) is 14.9 Å². The largest absolute Gasteiger partial charge is 0.489 e. The summed E-state index contributed by atoms with van der Waals surface area (Å²) in [5, 5.41) is 10.7.